The molecule has 0 amide bonds. The summed E-state index contributed by atoms with van der Waals surface area (Å²) >= 11 is 0. The highest BCUT2D eigenvalue weighted by Crippen LogP contribution is 2.49. The number of unbranched alkanes of at least 4 members (excludes halogenated alkanes) is 1. The van der Waals surface area contributed by atoms with Crippen LogP contribution in [0.2, 0.25) is 0 Å². The fourth-order valence-electron chi connectivity index (χ4n) is 4.36. The van der Waals surface area contributed by atoms with Gasteiger partial charge in [-0.3, -0.25) is 0 Å². The van der Waals surface area contributed by atoms with Crippen molar-refractivity contribution in [2.24, 2.45) is 29.4 Å². The molecule has 2 N–H and O–H groups in total. The Morgan fingerprint density at radius 3 is 2.41 bits per heavy atom. The maximum atomic E-state index is 5.76. The molecule has 0 aromatic carbocycles. The van der Waals surface area contributed by atoms with Crippen LogP contribution in [-0.4, -0.2) is 6.54 Å². The first-order valence-electron chi connectivity index (χ1n) is 10.1. The average molecular weight is 308 g/mol. The second-order valence-electron chi connectivity index (χ2n) is 7.62. The average Bonchev–Trinajstić information content (AvgIpc) is 2.48. The number of nitrogens with two attached hydrogens (primary N) is 1. The quantitative estimate of drug-likeness (QED) is 0.419. The number of hydrogen-bond acceptors (Lipinski definition) is 1. The van der Waals surface area contributed by atoms with Gasteiger partial charge in [-0.05, 0) is 62.3 Å². The Labute approximate surface area is 140 Å². The molecule has 130 valence electrons. The lowest BCUT2D eigenvalue weighted by molar-refractivity contribution is 0.150. The van der Waals surface area contributed by atoms with Crippen molar-refractivity contribution in [3.05, 3.63) is 11.6 Å². The zero-order valence-corrected chi connectivity index (χ0v) is 15.7. The lowest BCUT2D eigenvalue weighted by Crippen LogP contribution is -2.35. The molecule has 4 atom stereocenters. The minimum atomic E-state index is 0.863. The lowest BCUT2D eigenvalue weighted by Gasteiger charge is -2.45. The molecule has 0 aromatic heterocycles. The van der Waals surface area contributed by atoms with E-state index in [2.05, 4.69) is 33.8 Å². The molecule has 0 spiro atoms. The molecular formula is C21H41N. The van der Waals surface area contributed by atoms with E-state index in [0.29, 0.717) is 0 Å². The van der Waals surface area contributed by atoms with Crippen LogP contribution in [0.15, 0.2) is 11.6 Å². The molecule has 1 saturated carbocycles. The van der Waals surface area contributed by atoms with Crippen molar-refractivity contribution < 1.29 is 0 Å². The third-order valence-electron chi connectivity index (χ3n) is 5.78. The van der Waals surface area contributed by atoms with E-state index in [9.17, 15) is 0 Å². The van der Waals surface area contributed by atoms with Gasteiger partial charge in [-0.2, -0.15) is 0 Å². The highest BCUT2D eigenvalue weighted by atomic mass is 14.5. The molecule has 22 heavy (non-hydrogen) atoms. The Kier molecular flexibility index (Phi) is 10.1. The molecule has 1 nitrogen and oxygen atoms in total. The van der Waals surface area contributed by atoms with E-state index in [1.165, 1.54) is 64.2 Å². The van der Waals surface area contributed by atoms with E-state index in [-0.39, 0.29) is 0 Å². The van der Waals surface area contributed by atoms with E-state index in [0.717, 1.165) is 30.2 Å². The van der Waals surface area contributed by atoms with Crippen molar-refractivity contribution in [1.29, 1.82) is 0 Å². The predicted octanol–water partition coefficient (Wildman–Crippen LogP) is 6.33. The second kappa shape index (κ2) is 11.3. The summed E-state index contributed by atoms with van der Waals surface area (Å²) in [6.45, 7) is 10.3. The molecule has 0 aliphatic heterocycles. The third kappa shape index (κ3) is 6.07. The van der Waals surface area contributed by atoms with Gasteiger partial charge in [0.1, 0.15) is 0 Å². The van der Waals surface area contributed by atoms with Gasteiger partial charge in [-0.1, -0.05) is 71.4 Å². The summed E-state index contributed by atoms with van der Waals surface area (Å²) in [7, 11) is 0. The van der Waals surface area contributed by atoms with E-state index < -0.39 is 0 Å². The van der Waals surface area contributed by atoms with Crippen molar-refractivity contribution in [1.82, 2.24) is 0 Å². The molecule has 1 rings (SSSR count). The zero-order valence-electron chi connectivity index (χ0n) is 15.7. The molecule has 1 fully saturated rings. The van der Waals surface area contributed by atoms with Gasteiger partial charge in [-0.15, -0.1) is 0 Å². The van der Waals surface area contributed by atoms with E-state index in [1.54, 1.807) is 5.57 Å². The Hall–Kier alpha value is -0.300. The number of rotatable bonds is 12. The summed E-state index contributed by atoms with van der Waals surface area (Å²) in [5.41, 5.74) is 7.54. The van der Waals surface area contributed by atoms with E-state index >= 15 is 0 Å². The molecule has 4 unspecified atom stereocenters. The molecule has 0 radical (unpaired) electrons. The fraction of sp³-hybridized carbons (Fsp3) is 0.905. The number of hydrogen-bond donors (Lipinski definition) is 1. The molecule has 1 aliphatic carbocycles. The van der Waals surface area contributed by atoms with E-state index in [1.807, 2.05) is 0 Å². The Morgan fingerprint density at radius 1 is 1.09 bits per heavy atom. The summed E-state index contributed by atoms with van der Waals surface area (Å²) in [6, 6.07) is 0. The van der Waals surface area contributed by atoms with Crippen molar-refractivity contribution in [2.45, 2.75) is 91.9 Å². The van der Waals surface area contributed by atoms with Crippen LogP contribution >= 0.6 is 0 Å². The van der Waals surface area contributed by atoms with Crippen molar-refractivity contribution >= 4 is 0 Å². The minimum absolute atomic E-state index is 0.863. The standard InChI is InChI=1S/C21H41N/c1-5-8-11-18(12-9-15-22)21-16-19(20(21)7-3)14-13-17(4)10-6-2/h14,17-18,20-21H,5-13,15-16,22H2,1-4H3/b19-14+. The fourth-order valence-corrected chi connectivity index (χ4v) is 4.36. The molecular weight excluding hydrogens is 266 g/mol. The third-order valence-corrected chi connectivity index (χ3v) is 5.78. The smallest absolute Gasteiger partial charge is 0.00772 e. The molecule has 0 aromatic rings. The van der Waals surface area contributed by atoms with Gasteiger partial charge in [-0.25, -0.2) is 0 Å². The number of allylic oxidation sites excluding steroid dienone is 2. The Bertz CT molecular complexity index is 299. The highest BCUT2D eigenvalue weighted by molar-refractivity contribution is 5.19. The Balaban J connectivity index is 2.54. The molecule has 0 bridgehead atoms. The van der Waals surface area contributed by atoms with Gasteiger partial charge in [0.15, 0.2) is 0 Å². The molecule has 1 aliphatic rings. The van der Waals surface area contributed by atoms with Crippen molar-refractivity contribution in [3.63, 3.8) is 0 Å². The van der Waals surface area contributed by atoms with Gasteiger partial charge in [0, 0.05) is 0 Å². The van der Waals surface area contributed by atoms with Crippen LogP contribution in [-0.2, 0) is 0 Å². The second-order valence-corrected chi connectivity index (χ2v) is 7.62. The summed E-state index contributed by atoms with van der Waals surface area (Å²) in [5, 5.41) is 0. The van der Waals surface area contributed by atoms with Crippen molar-refractivity contribution in [3.8, 4) is 0 Å². The maximum absolute atomic E-state index is 5.76. The van der Waals surface area contributed by atoms with Gasteiger partial charge in [0.25, 0.3) is 0 Å². The van der Waals surface area contributed by atoms with Crippen LogP contribution < -0.4 is 5.73 Å². The monoisotopic (exact) mass is 307 g/mol. The van der Waals surface area contributed by atoms with Gasteiger partial charge >= 0.3 is 0 Å². The van der Waals surface area contributed by atoms with Gasteiger partial charge < -0.3 is 5.73 Å². The summed E-state index contributed by atoms with van der Waals surface area (Å²) < 4.78 is 0. The SMILES string of the molecule is CCCCC(CCCN)C1C/C(=C\CC(C)CCC)C1CC. The highest BCUT2D eigenvalue weighted by Gasteiger charge is 2.38. The van der Waals surface area contributed by atoms with Crippen LogP contribution in [0, 0.1) is 23.7 Å². The lowest BCUT2D eigenvalue weighted by atomic mass is 9.60. The summed E-state index contributed by atoms with van der Waals surface area (Å²) in [5.74, 6) is 3.63. The van der Waals surface area contributed by atoms with Crippen LogP contribution in [0.4, 0.5) is 0 Å². The van der Waals surface area contributed by atoms with Crippen LogP contribution in [0.3, 0.4) is 0 Å². The normalized spacial score (nSPS) is 26.0. The first-order valence-corrected chi connectivity index (χ1v) is 10.1. The first kappa shape index (κ1) is 19.7. The summed E-state index contributed by atoms with van der Waals surface area (Å²) in [4.78, 5) is 0. The molecule has 0 heterocycles. The topological polar surface area (TPSA) is 26.0 Å². The van der Waals surface area contributed by atoms with Crippen LogP contribution in [0.25, 0.3) is 0 Å². The predicted molar refractivity (Wildman–Crippen MR) is 100.0 cm³/mol. The van der Waals surface area contributed by atoms with E-state index in [4.69, 9.17) is 5.73 Å². The minimum Gasteiger partial charge on any atom is -0.330 e. The summed E-state index contributed by atoms with van der Waals surface area (Å²) in [6.07, 6.45) is 16.1. The first-order chi connectivity index (χ1) is 10.7. The maximum Gasteiger partial charge on any atom is -0.00772 e. The molecule has 0 saturated heterocycles. The van der Waals surface area contributed by atoms with Crippen LogP contribution in [0.5, 0.6) is 0 Å². The molecule has 1 heteroatoms. The van der Waals surface area contributed by atoms with Gasteiger partial charge in [0.05, 0.1) is 0 Å². The van der Waals surface area contributed by atoms with Crippen molar-refractivity contribution in [2.75, 3.05) is 6.54 Å². The van der Waals surface area contributed by atoms with Gasteiger partial charge in [0.2, 0.25) is 0 Å². The Morgan fingerprint density at radius 2 is 1.82 bits per heavy atom. The van der Waals surface area contributed by atoms with Crippen LogP contribution in [0.1, 0.15) is 91.9 Å². The largest absolute Gasteiger partial charge is 0.330 e. The zero-order chi connectivity index (χ0) is 16.4.